The van der Waals surface area contributed by atoms with E-state index in [1.807, 2.05) is 6.20 Å². The summed E-state index contributed by atoms with van der Waals surface area (Å²) in [5.41, 5.74) is 0. The third kappa shape index (κ3) is 6.87. The van der Waals surface area contributed by atoms with Crippen molar-refractivity contribution in [2.24, 2.45) is 10.9 Å². The predicted octanol–water partition coefficient (Wildman–Crippen LogP) is 2.63. The highest BCUT2D eigenvalue weighted by Crippen LogP contribution is 2.15. The van der Waals surface area contributed by atoms with Gasteiger partial charge in [0.25, 0.3) is 0 Å². The van der Waals surface area contributed by atoms with Crippen molar-refractivity contribution in [3.8, 4) is 0 Å². The van der Waals surface area contributed by atoms with E-state index in [0.717, 1.165) is 36.4 Å². The first-order chi connectivity index (χ1) is 11.2. The fourth-order valence-corrected chi connectivity index (χ4v) is 3.47. The van der Waals surface area contributed by atoms with Gasteiger partial charge in [-0.05, 0) is 58.7 Å². The maximum Gasteiger partial charge on any atom is 0.191 e. The van der Waals surface area contributed by atoms with E-state index < -0.39 is 0 Å². The van der Waals surface area contributed by atoms with Gasteiger partial charge in [-0.3, -0.25) is 0 Å². The number of likely N-dealkylation sites (tertiary alicyclic amines) is 1. The molecular weight excluding hydrogens is 306 g/mol. The lowest BCUT2D eigenvalue weighted by molar-refractivity contribution is 0.191. The van der Waals surface area contributed by atoms with Crippen LogP contribution in [0.2, 0.25) is 0 Å². The van der Waals surface area contributed by atoms with Crippen LogP contribution in [-0.2, 0) is 6.54 Å². The van der Waals surface area contributed by atoms with Gasteiger partial charge in [-0.1, -0.05) is 6.92 Å². The van der Waals surface area contributed by atoms with E-state index in [4.69, 9.17) is 0 Å². The number of thiazole rings is 1. The second kappa shape index (κ2) is 9.88. The summed E-state index contributed by atoms with van der Waals surface area (Å²) in [5, 5.41) is 7.81. The Morgan fingerprint density at radius 1 is 1.39 bits per heavy atom. The minimum atomic E-state index is 0.651. The lowest BCUT2D eigenvalue weighted by atomic mass is 9.99. The molecule has 0 aromatic carbocycles. The number of rotatable bonds is 7. The van der Waals surface area contributed by atoms with E-state index in [-0.39, 0.29) is 0 Å². The number of aliphatic imine (C=N–C) groups is 1. The Hall–Kier alpha value is -1.14. The summed E-state index contributed by atoms with van der Waals surface area (Å²) in [4.78, 5) is 12.8. The molecule has 2 N–H and O–H groups in total. The number of nitrogens with zero attached hydrogens (tertiary/aromatic N) is 3. The fraction of sp³-hybridized carbons (Fsp3) is 0.765. The molecule has 0 spiro atoms. The fourth-order valence-electron chi connectivity index (χ4n) is 2.76. The first-order valence-corrected chi connectivity index (χ1v) is 9.65. The number of piperidine rings is 1. The molecule has 5 nitrogen and oxygen atoms in total. The van der Waals surface area contributed by atoms with Crippen LogP contribution in [0, 0.1) is 12.8 Å². The summed E-state index contributed by atoms with van der Waals surface area (Å²) < 4.78 is 0. The summed E-state index contributed by atoms with van der Waals surface area (Å²) in [6.45, 7) is 12.7. The molecule has 23 heavy (non-hydrogen) atoms. The van der Waals surface area contributed by atoms with Gasteiger partial charge in [-0.25, -0.2) is 9.98 Å². The molecule has 1 fully saturated rings. The molecule has 0 amide bonds. The van der Waals surface area contributed by atoms with Crippen LogP contribution in [0.4, 0.5) is 0 Å². The van der Waals surface area contributed by atoms with Gasteiger partial charge >= 0.3 is 0 Å². The van der Waals surface area contributed by atoms with Gasteiger partial charge in [-0.2, -0.15) is 0 Å². The van der Waals surface area contributed by atoms with Gasteiger partial charge in [0, 0.05) is 24.2 Å². The average molecular weight is 338 g/mol. The zero-order valence-corrected chi connectivity index (χ0v) is 15.6. The van der Waals surface area contributed by atoms with Gasteiger partial charge in [0.2, 0.25) is 0 Å². The number of hydrogen-bond acceptors (Lipinski definition) is 4. The number of hydrogen-bond donors (Lipinski definition) is 2. The van der Waals surface area contributed by atoms with Gasteiger partial charge in [0.05, 0.1) is 6.54 Å². The number of aromatic nitrogens is 1. The van der Waals surface area contributed by atoms with Crippen molar-refractivity contribution >= 4 is 17.3 Å². The van der Waals surface area contributed by atoms with Crippen LogP contribution in [0.1, 0.15) is 43.0 Å². The molecule has 6 heteroatoms. The van der Waals surface area contributed by atoms with Gasteiger partial charge in [-0.15, -0.1) is 11.3 Å². The highest BCUT2D eigenvalue weighted by Gasteiger charge is 2.14. The van der Waals surface area contributed by atoms with E-state index in [1.165, 1.54) is 37.4 Å². The van der Waals surface area contributed by atoms with E-state index in [9.17, 15) is 0 Å². The third-order valence-electron chi connectivity index (χ3n) is 4.21. The maximum absolute atomic E-state index is 4.62. The van der Waals surface area contributed by atoms with Crippen molar-refractivity contribution in [2.75, 3.05) is 32.7 Å². The molecule has 1 aromatic heterocycles. The predicted molar refractivity (Wildman–Crippen MR) is 99.1 cm³/mol. The van der Waals surface area contributed by atoms with Crippen LogP contribution in [0.3, 0.4) is 0 Å². The van der Waals surface area contributed by atoms with Crippen molar-refractivity contribution in [3.05, 3.63) is 16.1 Å². The monoisotopic (exact) mass is 337 g/mol. The van der Waals surface area contributed by atoms with Crippen molar-refractivity contribution in [2.45, 2.75) is 46.6 Å². The molecule has 1 saturated heterocycles. The van der Waals surface area contributed by atoms with Gasteiger partial charge in [0.15, 0.2) is 5.96 Å². The standard InChI is InChI=1S/C17H31N5S/c1-4-18-17(21-13-16-20-12-15(3)23-16)19-8-5-9-22-10-6-14(2)7-11-22/h12,14H,4-11,13H2,1-3H3,(H2,18,19,21). The Labute approximate surface area is 144 Å². The third-order valence-corrected chi connectivity index (χ3v) is 5.10. The molecule has 1 aliphatic heterocycles. The van der Waals surface area contributed by atoms with Gasteiger partial charge < -0.3 is 15.5 Å². The van der Waals surface area contributed by atoms with Gasteiger partial charge in [0.1, 0.15) is 5.01 Å². The molecule has 1 aromatic rings. The number of nitrogens with one attached hydrogen (secondary N) is 2. The van der Waals surface area contributed by atoms with Crippen molar-refractivity contribution in [1.82, 2.24) is 20.5 Å². The molecule has 0 aliphatic carbocycles. The van der Waals surface area contributed by atoms with Crippen molar-refractivity contribution in [3.63, 3.8) is 0 Å². The minimum Gasteiger partial charge on any atom is -0.357 e. The largest absolute Gasteiger partial charge is 0.357 e. The van der Waals surface area contributed by atoms with E-state index in [2.05, 4.69) is 46.3 Å². The van der Waals surface area contributed by atoms with Crippen LogP contribution in [-0.4, -0.2) is 48.6 Å². The van der Waals surface area contributed by atoms with E-state index in [1.54, 1.807) is 11.3 Å². The Morgan fingerprint density at radius 2 is 2.17 bits per heavy atom. The second-order valence-electron chi connectivity index (χ2n) is 6.36. The molecule has 0 atom stereocenters. The normalized spacial score (nSPS) is 17.4. The highest BCUT2D eigenvalue weighted by molar-refractivity contribution is 7.11. The van der Waals surface area contributed by atoms with Crippen LogP contribution >= 0.6 is 11.3 Å². The van der Waals surface area contributed by atoms with E-state index >= 15 is 0 Å². The van der Waals surface area contributed by atoms with E-state index in [0.29, 0.717) is 6.54 Å². The molecule has 1 aliphatic rings. The van der Waals surface area contributed by atoms with Crippen LogP contribution in [0.15, 0.2) is 11.2 Å². The lowest BCUT2D eigenvalue weighted by Crippen LogP contribution is -2.39. The smallest absolute Gasteiger partial charge is 0.191 e. The molecule has 0 radical (unpaired) electrons. The zero-order valence-electron chi connectivity index (χ0n) is 14.8. The number of aryl methyl sites for hydroxylation is 1. The first kappa shape index (κ1) is 18.2. The summed E-state index contributed by atoms with van der Waals surface area (Å²) in [7, 11) is 0. The first-order valence-electron chi connectivity index (χ1n) is 8.83. The summed E-state index contributed by atoms with van der Waals surface area (Å²) in [6.07, 6.45) is 5.78. The Morgan fingerprint density at radius 3 is 2.83 bits per heavy atom. The Balaban J connectivity index is 1.67. The SMILES string of the molecule is CCNC(=NCc1ncc(C)s1)NCCCN1CCC(C)CC1. The molecule has 130 valence electrons. The average Bonchev–Trinajstić information content (AvgIpc) is 2.96. The minimum absolute atomic E-state index is 0.651. The zero-order chi connectivity index (χ0) is 16.5. The molecule has 2 rings (SSSR count). The summed E-state index contributed by atoms with van der Waals surface area (Å²) in [6, 6.07) is 0. The molecule has 0 bridgehead atoms. The van der Waals surface area contributed by atoms with Crippen LogP contribution in [0.25, 0.3) is 0 Å². The Bertz CT molecular complexity index is 477. The quantitative estimate of drug-likeness (QED) is 0.456. The topological polar surface area (TPSA) is 52.6 Å². The molecule has 0 unspecified atom stereocenters. The van der Waals surface area contributed by atoms with Crippen LogP contribution in [0.5, 0.6) is 0 Å². The molecule has 0 saturated carbocycles. The maximum atomic E-state index is 4.62. The van der Waals surface area contributed by atoms with Crippen molar-refractivity contribution in [1.29, 1.82) is 0 Å². The van der Waals surface area contributed by atoms with Crippen LogP contribution < -0.4 is 10.6 Å². The van der Waals surface area contributed by atoms with Crippen molar-refractivity contribution < 1.29 is 0 Å². The highest BCUT2D eigenvalue weighted by atomic mass is 32.1. The molecular formula is C17H31N5S. The lowest BCUT2D eigenvalue weighted by Gasteiger charge is -2.30. The Kier molecular flexibility index (Phi) is 7.82. The molecule has 2 heterocycles. The second-order valence-corrected chi connectivity index (χ2v) is 7.68. The number of guanidine groups is 1. The summed E-state index contributed by atoms with van der Waals surface area (Å²) >= 11 is 1.71. The summed E-state index contributed by atoms with van der Waals surface area (Å²) in [5.74, 6) is 1.80.